The van der Waals surface area contributed by atoms with E-state index in [1.54, 1.807) is 12.1 Å². The first-order valence-corrected chi connectivity index (χ1v) is 7.03. The van der Waals surface area contributed by atoms with Gasteiger partial charge in [-0.1, -0.05) is 11.6 Å². The fraction of sp³-hybridized carbons (Fsp3) is 0.200. The van der Waals surface area contributed by atoms with Crippen LogP contribution in [-0.4, -0.2) is 22.3 Å². The van der Waals surface area contributed by atoms with Crippen molar-refractivity contribution in [2.75, 3.05) is 6.54 Å². The number of nitro groups is 1. The zero-order chi connectivity index (χ0) is 16.8. The lowest BCUT2D eigenvalue weighted by Gasteiger charge is -2.20. The number of amides is 1. The van der Waals surface area contributed by atoms with Crippen LogP contribution >= 0.6 is 11.6 Å². The molecule has 0 atom stereocenters. The number of halogens is 1. The lowest BCUT2D eigenvalue weighted by molar-refractivity contribution is -0.385. The van der Waals surface area contributed by atoms with Gasteiger partial charge in [0.25, 0.3) is 11.6 Å². The van der Waals surface area contributed by atoms with Gasteiger partial charge in [0, 0.05) is 17.6 Å². The van der Waals surface area contributed by atoms with Gasteiger partial charge in [0.1, 0.15) is 11.3 Å². The number of nitro benzene ring substituents is 1. The average Bonchev–Trinajstić information content (AvgIpc) is 3.03. The van der Waals surface area contributed by atoms with E-state index in [9.17, 15) is 14.9 Å². The van der Waals surface area contributed by atoms with Crippen molar-refractivity contribution in [2.45, 2.75) is 13.0 Å². The monoisotopic (exact) mass is 333 g/mol. The molecular weight excluding hydrogens is 322 g/mol. The Morgan fingerprint density at radius 3 is 2.83 bits per heavy atom. The molecule has 0 aliphatic carbocycles. The molecule has 1 amide bonds. The number of furan rings is 1. The smallest absolute Gasteiger partial charge is 0.283 e. The summed E-state index contributed by atoms with van der Waals surface area (Å²) in [5.74, 6) is -0.0343. The topological polar surface area (TPSA) is 100 Å². The highest BCUT2D eigenvalue weighted by Crippen LogP contribution is 2.25. The van der Waals surface area contributed by atoms with Crippen molar-refractivity contribution in [1.29, 1.82) is 5.26 Å². The second-order valence-corrected chi connectivity index (χ2v) is 5.07. The molecule has 0 fully saturated rings. The highest BCUT2D eigenvalue weighted by molar-refractivity contribution is 6.31. The maximum absolute atomic E-state index is 12.6. The Hall–Kier alpha value is -2.85. The number of carbonyl (C=O) groups excluding carboxylic acids is 1. The number of nitriles is 1. The minimum absolute atomic E-state index is 0.0797. The van der Waals surface area contributed by atoms with Crippen molar-refractivity contribution in [2.24, 2.45) is 0 Å². The third-order valence-corrected chi connectivity index (χ3v) is 3.33. The number of nitrogens with zero attached hydrogens (tertiary/aromatic N) is 3. The van der Waals surface area contributed by atoms with Crippen LogP contribution in [-0.2, 0) is 6.54 Å². The molecule has 2 rings (SSSR count). The van der Waals surface area contributed by atoms with Crippen LogP contribution in [0, 0.1) is 21.4 Å². The Bertz CT molecular complexity index is 753. The van der Waals surface area contributed by atoms with E-state index >= 15 is 0 Å². The van der Waals surface area contributed by atoms with E-state index in [1.807, 2.05) is 6.07 Å². The summed E-state index contributed by atoms with van der Waals surface area (Å²) in [5, 5.41) is 20.0. The van der Waals surface area contributed by atoms with Crippen LogP contribution < -0.4 is 0 Å². The number of hydrogen-bond donors (Lipinski definition) is 0. The quantitative estimate of drug-likeness (QED) is 0.595. The minimum Gasteiger partial charge on any atom is -0.467 e. The maximum Gasteiger partial charge on any atom is 0.283 e. The van der Waals surface area contributed by atoms with Crippen LogP contribution in [0.25, 0.3) is 0 Å². The van der Waals surface area contributed by atoms with Gasteiger partial charge in [-0.05, 0) is 24.3 Å². The number of benzene rings is 1. The van der Waals surface area contributed by atoms with Crippen LogP contribution in [0.4, 0.5) is 5.69 Å². The van der Waals surface area contributed by atoms with Crippen LogP contribution in [0.15, 0.2) is 41.0 Å². The lowest BCUT2D eigenvalue weighted by atomic mass is 10.1. The Kier molecular flexibility index (Phi) is 5.33. The van der Waals surface area contributed by atoms with Gasteiger partial charge in [-0.15, -0.1) is 0 Å². The summed E-state index contributed by atoms with van der Waals surface area (Å²) < 4.78 is 5.20. The van der Waals surface area contributed by atoms with E-state index in [1.165, 1.54) is 23.3 Å². The molecule has 1 aromatic carbocycles. The summed E-state index contributed by atoms with van der Waals surface area (Å²) in [6.07, 6.45) is 1.57. The Balaban J connectivity index is 2.33. The molecule has 8 heteroatoms. The van der Waals surface area contributed by atoms with Crippen LogP contribution in [0.2, 0.25) is 5.02 Å². The highest BCUT2D eigenvalue weighted by atomic mass is 35.5. The van der Waals surface area contributed by atoms with E-state index < -0.39 is 10.8 Å². The fourth-order valence-electron chi connectivity index (χ4n) is 2.04. The summed E-state index contributed by atoms with van der Waals surface area (Å²) in [4.78, 5) is 24.5. The molecule has 1 heterocycles. The third kappa shape index (κ3) is 4.08. The summed E-state index contributed by atoms with van der Waals surface area (Å²) >= 11 is 5.76. The summed E-state index contributed by atoms with van der Waals surface area (Å²) in [5.41, 5.74) is -0.451. The SMILES string of the molecule is N#CCCN(Cc1ccco1)C(=O)c1ccc(Cl)cc1[N+](=O)[O-]. The second-order valence-electron chi connectivity index (χ2n) is 4.63. The Morgan fingerprint density at radius 2 is 2.22 bits per heavy atom. The molecule has 0 saturated carbocycles. The van der Waals surface area contributed by atoms with Gasteiger partial charge in [0.2, 0.25) is 0 Å². The van der Waals surface area contributed by atoms with E-state index in [-0.39, 0.29) is 35.8 Å². The molecule has 0 aliphatic rings. The molecule has 2 aromatic rings. The van der Waals surface area contributed by atoms with Gasteiger partial charge in [-0.25, -0.2) is 0 Å². The molecule has 0 spiro atoms. The van der Waals surface area contributed by atoms with Crippen LogP contribution in [0.1, 0.15) is 22.5 Å². The van der Waals surface area contributed by atoms with Crippen molar-refractivity contribution in [3.05, 3.63) is 63.1 Å². The highest BCUT2D eigenvalue weighted by Gasteiger charge is 2.25. The molecule has 7 nitrogen and oxygen atoms in total. The van der Waals surface area contributed by atoms with Gasteiger partial charge in [0.15, 0.2) is 0 Å². The Morgan fingerprint density at radius 1 is 1.43 bits per heavy atom. The molecule has 0 radical (unpaired) electrons. The number of carbonyl (C=O) groups is 1. The van der Waals surface area contributed by atoms with Crippen molar-refractivity contribution >= 4 is 23.2 Å². The predicted molar refractivity (Wildman–Crippen MR) is 81.8 cm³/mol. The minimum atomic E-state index is -0.658. The zero-order valence-corrected chi connectivity index (χ0v) is 12.7. The molecule has 0 N–H and O–H groups in total. The van der Waals surface area contributed by atoms with Crippen molar-refractivity contribution < 1.29 is 14.1 Å². The van der Waals surface area contributed by atoms with Gasteiger partial charge in [0.05, 0.1) is 30.2 Å². The predicted octanol–water partition coefficient (Wildman–Crippen LogP) is 3.40. The van der Waals surface area contributed by atoms with Gasteiger partial charge >= 0.3 is 0 Å². The first-order valence-electron chi connectivity index (χ1n) is 6.65. The molecule has 0 bridgehead atoms. The average molecular weight is 334 g/mol. The van der Waals surface area contributed by atoms with Gasteiger partial charge in [-0.2, -0.15) is 5.26 Å². The largest absolute Gasteiger partial charge is 0.467 e. The molecule has 0 unspecified atom stereocenters. The van der Waals surface area contributed by atoms with Crippen molar-refractivity contribution in [3.8, 4) is 6.07 Å². The van der Waals surface area contributed by atoms with E-state index in [2.05, 4.69) is 0 Å². The second kappa shape index (κ2) is 7.42. The van der Waals surface area contributed by atoms with Gasteiger partial charge in [-0.3, -0.25) is 14.9 Å². The van der Waals surface area contributed by atoms with E-state index in [0.717, 1.165) is 6.07 Å². The van der Waals surface area contributed by atoms with Gasteiger partial charge < -0.3 is 9.32 Å². The summed E-state index contributed by atoms with van der Waals surface area (Å²) in [7, 11) is 0. The van der Waals surface area contributed by atoms with Crippen molar-refractivity contribution in [1.82, 2.24) is 4.90 Å². The third-order valence-electron chi connectivity index (χ3n) is 3.09. The van der Waals surface area contributed by atoms with Crippen molar-refractivity contribution in [3.63, 3.8) is 0 Å². The zero-order valence-electron chi connectivity index (χ0n) is 11.9. The molecular formula is C15H12ClN3O4. The molecule has 0 aliphatic heterocycles. The van der Waals surface area contributed by atoms with Crippen LogP contribution in [0.3, 0.4) is 0 Å². The fourth-order valence-corrected chi connectivity index (χ4v) is 2.20. The van der Waals surface area contributed by atoms with E-state index in [4.69, 9.17) is 21.3 Å². The molecule has 1 aromatic heterocycles. The lowest BCUT2D eigenvalue weighted by Crippen LogP contribution is -2.31. The first-order chi connectivity index (χ1) is 11.0. The molecule has 0 saturated heterocycles. The normalized spacial score (nSPS) is 10.1. The molecule has 118 valence electrons. The Labute approximate surface area is 136 Å². The first kappa shape index (κ1) is 16.5. The summed E-state index contributed by atoms with van der Waals surface area (Å²) in [6.45, 7) is 0.253. The number of rotatable bonds is 6. The van der Waals surface area contributed by atoms with E-state index in [0.29, 0.717) is 5.76 Å². The van der Waals surface area contributed by atoms with Crippen LogP contribution in [0.5, 0.6) is 0 Å². The number of hydrogen-bond acceptors (Lipinski definition) is 5. The summed E-state index contributed by atoms with van der Waals surface area (Å²) in [6, 6.07) is 9.16. The standard InChI is InChI=1S/C15H12ClN3O4/c16-11-4-5-13(14(9-11)19(21)22)15(20)18(7-2-6-17)10-12-3-1-8-23-12/h1,3-5,8-9H,2,7,10H2. The maximum atomic E-state index is 12.6. The molecule has 23 heavy (non-hydrogen) atoms.